The van der Waals surface area contributed by atoms with E-state index in [9.17, 15) is 4.79 Å². The normalized spacial score (nSPS) is 11.0. The van der Waals surface area contributed by atoms with Crippen molar-refractivity contribution in [3.05, 3.63) is 65.2 Å². The number of benzene rings is 2. The van der Waals surface area contributed by atoms with E-state index in [4.69, 9.17) is 4.74 Å². The van der Waals surface area contributed by atoms with Crippen molar-refractivity contribution in [3.63, 3.8) is 0 Å². The van der Waals surface area contributed by atoms with Crippen LogP contribution in [-0.2, 0) is 13.0 Å². The molecule has 1 amide bonds. The van der Waals surface area contributed by atoms with Gasteiger partial charge in [0.1, 0.15) is 5.75 Å². The van der Waals surface area contributed by atoms with Crippen molar-refractivity contribution in [2.75, 3.05) is 27.7 Å². The number of hydrogen-bond acceptors (Lipinski definition) is 3. The summed E-state index contributed by atoms with van der Waals surface area (Å²) >= 11 is 0. The second-order valence-corrected chi connectivity index (χ2v) is 5.73. The molecule has 0 heterocycles. The third kappa shape index (κ3) is 5.81. The molecule has 0 aliphatic rings. The Hall–Kier alpha value is -3.02. The highest BCUT2D eigenvalue weighted by Gasteiger charge is 2.04. The SMILES string of the molecule is CN=C(NCCc1cccc(C(=O)NC)c1)NCc1cccc(OC)c1. The molecule has 26 heavy (non-hydrogen) atoms. The maximum Gasteiger partial charge on any atom is 0.251 e. The van der Waals surface area contributed by atoms with Gasteiger partial charge in [-0.3, -0.25) is 9.79 Å². The highest BCUT2D eigenvalue weighted by molar-refractivity contribution is 5.94. The third-order valence-corrected chi connectivity index (χ3v) is 3.94. The Balaban J connectivity index is 1.82. The summed E-state index contributed by atoms with van der Waals surface area (Å²) in [6.07, 6.45) is 0.796. The van der Waals surface area contributed by atoms with Crippen LogP contribution < -0.4 is 20.7 Å². The fourth-order valence-electron chi connectivity index (χ4n) is 2.53. The van der Waals surface area contributed by atoms with E-state index in [0.29, 0.717) is 12.1 Å². The Bertz CT molecular complexity index is 759. The van der Waals surface area contributed by atoms with Gasteiger partial charge in [-0.25, -0.2) is 0 Å². The molecule has 2 aromatic rings. The highest BCUT2D eigenvalue weighted by atomic mass is 16.5. The largest absolute Gasteiger partial charge is 0.497 e. The number of nitrogens with zero attached hydrogens (tertiary/aromatic N) is 1. The van der Waals surface area contributed by atoms with Crippen molar-refractivity contribution in [1.82, 2.24) is 16.0 Å². The van der Waals surface area contributed by atoms with Gasteiger partial charge in [0.2, 0.25) is 0 Å². The number of guanidine groups is 1. The van der Waals surface area contributed by atoms with Gasteiger partial charge in [-0.15, -0.1) is 0 Å². The van der Waals surface area contributed by atoms with Crippen LogP contribution in [0.1, 0.15) is 21.5 Å². The van der Waals surface area contributed by atoms with E-state index in [2.05, 4.69) is 20.9 Å². The van der Waals surface area contributed by atoms with Crippen molar-refractivity contribution in [2.24, 2.45) is 4.99 Å². The van der Waals surface area contributed by atoms with Crippen LogP contribution in [0, 0.1) is 0 Å². The number of nitrogens with one attached hydrogen (secondary N) is 3. The molecule has 0 aliphatic heterocycles. The lowest BCUT2D eigenvalue weighted by atomic mass is 10.1. The quantitative estimate of drug-likeness (QED) is 0.525. The Morgan fingerprint density at radius 1 is 1.08 bits per heavy atom. The van der Waals surface area contributed by atoms with Gasteiger partial charge in [0.25, 0.3) is 5.91 Å². The number of carbonyl (C=O) groups is 1. The summed E-state index contributed by atoms with van der Waals surface area (Å²) in [7, 11) is 5.04. The van der Waals surface area contributed by atoms with Crippen LogP contribution in [-0.4, -0.2) is 39.6 Å². The van der Waals surface area contributed by atoms with Crippen LogP contribution in [0.5, 0.6) is 5.75 Å². The van der Waals surface area contributed by atoms with Gasteiger partial charge in [-0.05, 0) is 41.8 Å². The molecule has 0 radical (unpaired) electrons. The lowest BCUT2D eigenvalue weighted by Gasteiger charge is -2.12. The van der Waals surface area contributed by atoms with Gasteiger partial charge in [0, 0.05) is 32.7 Å². The Labute approximate surface area is 154 Å². The fraction of sp³-hybridized carbons (Fsp3) is 0.300. The number of methoxy groups -OCH3 is 1. The molecule has 3 N–H and O–H groups in total. The average Bonchev–Trinajstić information content (AvgIpc) is 2.70. The van der Waals surface area contributed by atoms with Crippen molar-refractivity contribution in [2.45, 2.75) is 13.0 Å². The first-order valence-electron chi connectivity index (χ1n) is 8.54. The van der Waals surface area contributed by atoms with E-state index >= 15 is 0 Å². The first kappa shape index (κ1) is 19.3. The predicted molar refractivity (Wildman–Crippen MR) is 105 cm³/mol. The fourth-order valence-corrected chi connectivity index (χ4v) is 2.53. The van der Waals surface area contributed by atoms with Crippen molar-refractivity contribution in [1.29, 1.82) is 0 Å². The molecule has 0 bridgehead atoms. The van der Waals surface area contributed by atoms with E-state index in [1.54, 1.807) is 21.2 Å². The van der Waals surface area contributed by atoms with Gasteiger partial charge < -0.3 is 20.7 Å². The van der Waals surface area contributed by atoms with Crippen molar-refractivity contribution in [3.8, 4) is 5.75 Å². The van der Waals surface area contributed by atoms with E-state index in [-0.39, 0.29) is 5.91 Å². The summed E-state index contributed by atoms with van der Waals surface area (Å²) in [5.74, 6) is 1.49. The summed E-state index contributed by atoms with van der Waals surface area (Å²) in [6.45, 7) is 1.37. The molecule has 138 valence electrons. The van der Waals surface area contributed by atoms with Gasteiger partial charge in [0.15, 0.2) is 5.96 Å². The molecule has 0 atom stereocenters. The number of carbonyl (C=O) groups excluding carboxylic acids is 1. The average molecular weight is 354 g/mol. The van der Waals surface area contributed by atoms with Gasteiger partial charge in [0.05, 0.1) is 7.11 Å². The third-order valence-electron chi connectivity index (χ3n) is 3.94. The summed E-state index contributed by atoms with van der Waals surface area (Å²) in [5.41, 5.74) is 2.89. The zero-order chi connectivity index (χ0) is 18.8. The molecule has 0 aliphatic carbocycles. The summed E-state index contributed by atoms with van der Waals surface area (Å²) in [4.78, 5) is 15.9. The van der Waals surface area contributed by atoms with Crippen LogP contribution in [0.2, 0.25) is 0 Å². The molecule has 0 aromatic heterocycles. The van der Waals surface area contributed by atoms with Crippen LogP contribution >= 0.6 is 0 Å². The van der Waals surface area contributed by atoms with Crippen molar-refractivity contribution < 1.29 is 9.53 Å². The maximum absolute atomic E-state index is 11.7. The molecule has 6 nitrogen and oxygen atoms in total. The zero-order valence-electron chi connectivity index (χ0n) is 15.5. The van der Waals surface area contributed by atoms with Crippen LogP contribution in [0.3, 0.4) is 0 Å². The van der Waals surface area contributed by atoms with Crippen LogP contribution in [0.4, 0.5) is 0 Å². The minimum atomic E-state index is -0.0735. The van der Waals surface area contributed by atoms with Crippen LogP contribution in [0.25, 0.3) is 0 Å². The maximum atomic E-state index is 11.7. The van der Waals surface area contributed by atoms with Crippen LogP contribution in [0.15, 0.2) is 53.5 Å². The first-order valence-corrected chi connectivity index (χ1v) is 8.54. The van der Waals surface area contributed by atoms with E-state index in [1.165, 1.54) is 0 Å². The Morgan fingerprint density at radius 2 is 1.85 bits per heavy atom. The smallest absolute Gasteiger partial charge is 0.251 e. The van der Waals surface area contributed by atoms with Gasteiger partial charge >= 0.3 is 0 Å². The standard InChI is InChI=1S/C20H26N4O2/c1-21-19(25)17-8-4-6-15(12-17)10-11-23-20(22-2)24-14-16-7-5-9-18(13-16)26-3/h4-9,12-13H,10-11,14H2,1-3H3,(H,21,25)(H2,22,23,24). The topological polar surface area (TPSA) is 74.8 Å². The monoisotopic (exact) mass is 354 g/mol. The molecule has 2 rings (SSSR count). The van der Waals surface area contributed by atoms with Crippen molar-refractivity contribution >= 4 is 11.9 Å². The summed E-state index contributed by atoms with van der Waals surface area (Å²) in [6, 6.07) is 15.5. The molecule has 0 saturated heterocycles. The molecular weight excluding hydrogens is 328 g/mol. The first-order chi connectivity index (χ1) is 12.7. The molecule has 6 heteroatoms. The summed E-state index contributed by atoms with van der Waals surface area (Å²) < 4.78 is 5.23. The number of ether oxygens (including phenoxy) is 1. The number of amides is 1. The highest BCUT2D eigenvalue weighted by Crippen LogP contribution is 2.12. The summed E-state index contributed by atoms with van der Waals surface area (Å²) in [5, 5.41) is 9.21. The zero-order valence-corrected chi connectivity index (χ0v) is 15.5. The minimum absolute atomic E-state index is 0.0735. The van der Waals surface area contributed by atoms with E-state index < -0.39 is 0 Å². The second-order valence-electron chi connectivity index (χ2n) is 5.73. The van der Waals surface area contributed by atoms with E-state index in [0.717, 1.165) is 35.8 Å². The number of aliphatic imine (C=N–C) groups is 1. The molecule has 0 saturated carbocycles. The molecule has 2 aromatic carbocycles. The molecule has 0 unspecified atom stereocenters. The second kappa shape index (κ2) is 10.1. The van der Waals surface area contributed by atoms with E-state index in [1.807, 2.05) is 48.5 Å². The predicted octanol–water partition coefficient (Wildman–Crippen LogP) is 1.96. The molecule has 0 spiro atoms. The lowest BCUT2D eigenvalue weighted by molar-refractivity contribution is 0.0963. The molecule has 0 fully saturated rings. The number of hydrogen-bond donors (Lipinski definition) is 3. The Kier molecular flexibility index (Phi) is 7.49. The lowest BCUT2D eigenvalue weighted by Crippen LogP contribution is -2.37. The number of rotatable bonds is 7. The minimum Gasteiger partial charge on any atom is -0.497 e. The van der Waals surface area contributed by atoms with Gasteiger partial charge in [-0.1, -0.05) is 24.3 Å². The van der Waals surface area contributed by atoms with Gasteiger partial charge in [-0.2, -0.15) is 0 Å². The Morgan fingerprint density at radius 3 is 2.58 bits per heavy atom. The molecular formula is C20H26N4O2.